The van der Waals surface area contributed by atoms with Crippen molar-refractivity contribution in [3.05, 3.63) is 53.9 Å². The second-order valence-electron chi connectivity index (χ2n) is 14.4. The second-order valence-corrected chi connectivity index (χ2v) is 14.4. The summed E-state index contributed by atoms with van der Waals surface area (Å²) in [4.78, 5) is 36.2. The number of carbonyl (C=O) groups excluding carboxylic acids is 2. The van der Waals surface area contributed by atoms with Gasteiger partial charge < -0.3 is 34.4 Å². The first-order valence-electron chi connectivity index (χ1n) is 16.3. The number of ether oxygens (including phenoxy) is 2. The molecule has 0 unspecified atom stereocenters. The summed E-state index contributed by atoms with van der Waals surface area (Å²) < 4.78 is 17.1. The summed E-state index contributed by atoms with van der Waals surface area (Å²) >= 11 is 0. The highest BCUT2D eigenvalue weighted by molar-refractivity contribution is 6.47. The van der Waals surface area contributed by atoms with Crippen LogP contribution in [0.3, 0.4) is 0 Å². The first-order valence-corrected chi connectivity index (χ1v) is 16.3. The molecule has 1 aromatic heterocycles. The van der Waals surface area contributed by atoms with Crippen molar-refractivity contribution in [1.82, 2.24) is 20.2 Å². The predicted molar refractivity (Wildman–Crippen MR) is 184 cm³/mol. The van der Waals surface area contributed by atoms with Gasteiger partial charge in [-0.15, -0.1) is 0 Å². The molecule has 2 amide bonds. The number of methoxy groups -OCH3 is 1. The van der Waals surface area contributed by atoms with Gasteiger partial charge in [0.25, 0.3) is 0 Å². The van der Waals surface area contributed by atoms with E-state index in [-0.39, 0.29) is 23.8 Å². The highest BCUT2D eigenvalue weighted by Crippen LogP contribution is 2.42. The smallest absolute Gasteiger partial charge is 0.407 e. The number of aromatic nitrogens is 2. The third-order valence-corrected chi connectivity index (χ3v) is 9.88. The maximum absolute atomic E-state index is 13.8. The minimum Gasteiger partial charge on any atom is -0.488 e. The normalized spacial score (nSPS) is 18.6. The van der Waals surface area contributed by atoms with Crippen molar-refractivity contribution in [2.24, 2.45) is 11.8 Å². The number of nitrogens with one attached hydrogen (secondary N) is 2. The molecular weight excluding hydrogens is 595 g/mol. The van der Waals surface area contributed by atoms with E-state index in [0.717, 1.165) is 62.0 Å². The Morgan fingerprint density at radius 3 is 2.60 bits per heavy atom. The van der Waals surface area contributed by atoms with Crippen molar-refractivity contribution < 1.29 is 28.8 Å². The molecule has 2 aliphatic rings. The van der Waals surface area contributed by atoms with Crippen LogP contribution < -0.4 is 15.5 Å². The number of carbonyl (C=O) groups is 2. The van der Waals surface area contributed by atoms with Crippen LogP contribution in [0.4, 0.5) is 4.79 Å². The summed E-state index contributed by atoms with van der Waals surface area (Å²) in [5, 5.41) is 13.1. The van der Waals surface area contributed by atoms with Crippen molar-refractivity contribution in [1.29, 1.82) is 0 Å². The monoisotopic (exact) mass is 640 g/mol. The largest absolute Gasteiger partial charge is 0.488 e. The van der Waals surface area contributed by atoms with Crippen molar-refractivity contribution >= 4 is 46.8 Å². The molecule has 3 heterocycles. The lowest BCUT2D eigenvalue weighted by Crippen LogP contribution is -2.51. The Hall–Kier alpha value is -4.09. The lowest BCUT2D eigenvalue weighted by atomic mass is 9.80. The number of likely N-dealkylation sites (tertiary alicyclic amines) is 1. The maximum Gasteiger partial charge on any atom is 0.407 e. The van der Waals surface area contributed by atoms with Gasteiger partial charge in [0.05, 0.1) is 24.2 Å². The van der Waals surface area contributed by atoms with Crippen LogP contribution in [0.5, 0.6) is 5.75 Å². The van der Waals surface area contributed by atoms with Gasteiger partial charge in [0.15, 0.2) is 5.60 Å². The number of hydrogen-bond donors (Lipinski definition) is 2. The number of alkyl carbamates (subject to hydrolysis) is 1. The van der Waals surface area contributed by atoms with E-state index in [4.69, 9.17) is 24.2 Å². The molecule has 47 heavy (non-hydrogen) atoms. The minimum absolute atomic E-state index is 0.111. The summed E-state index contributed by atoms with van der Waals surface area (Å²) in [5.74, 6) is 1.56. The van der Waals surface area contributed by atoms with Crippen molar-refractivity contribution in [2.75, 3.05) is 13.7 Å². The zero-order valence-corrected chi connectivity index (χ0v) is 28.5. The average Bonchev–Trinajstić information content (AvgIpc) is 3.64. The van der Waals surface area contributed by atoms with Crippen LogP contribution in [0.2, 0.25) is 0 Å². The summed E-state index contributed by atoms with van der Waals surface area (Å²) in [5.41, 5.74) is 4.45. The Bertz CT molecular complexity index is 1840. The maximum atomic E-state index is 13.8. The fraction of sp³-hybridized carbons (Fsp3) is 0.472. The van der Waals surface area contributed by atoms with E-state index >= 15 is 0 Å². The molecule has 1 saturated heterocycles. The molecule has 6 rings (SSSR count). The molecule has 3 atom stereocenters. The predicted octanol–water partition coefficient (Wildman–Crippen LogP) is 5.11. The fourth-order valence-corrected chi connectivity index (χ4v) is 6.35. The summed E-state index contributed by atoms with van der Waals surface area (Å²) in [7, 11) is 3.03. The van der Waals surface area contributed by atoms with E-state index in [1.54, 1.807) is 7.48 Å². The summed E-state index contributed by atoms with van der Waals surface area (Å²) in [6, 6.07) is 13.6. The number of nitrogens with zero attached hydrogens (tertiary/aromatic N) is 2. The van der Waals surface area contributed by atoms with Gasteiger partial charge in [0.2, 0.25) is 5.91 Å². The molecule has 3 aromatic carbocycles. The van der Waals surface area contributed by atoms with E-state index in [0.29, 0.717) is 13.2 Å². The van der Waals surface area contributed by atoms with Gasteiger partial charge in [-0.1, -0.05) is 50.5 Å². The number of H-pyrrole nitrogens is 1. The summed E-state index contributed by atoms with van der Waals surface area (Å²) in [6.07, 6.45) is 0.149. The zero-order chi connectivity index (χ0) is 33.8. The van der Waals surface area contributed by atoms with Crippen LogP contribution in [0, 0.1) is 11.8 Å². The number of aromatic amines is 1. The van der Waals surface area contributed by atoms with Crippen LogP contribution in [-0.4, -0.2) is 70.4 Å². The number of imidazole rings is 1. The summed E-state index contributed by atoms with van der Waals surface area (Å²) in [6.45, 7) is 14.5. The highest BCUT2D eigenvalue weighted by atomic mass is 16.5. The minimum atomic E-state index is -0.756. The molecule has 0 spiro atoms. The molecule has 11 heteroatoms. The van der Waals surface area contributed by atoms with E-state index in [1.165, 1.54) is 7.11 Å². The quantitative estimate of drug-likeness (QED) is 0.204. The molecular formula is C36H45BN4O6+. The lowest BCUT2D eigenvalue weighted by Gasteiger charge is -2.33. The van der Waals surface area contributed by atoms with Gasteiger partial charge in [-0.3, -0.25) is 4.79 Å². The molecule has 2 aliphatic heterocycles. The molecule has 4 aromatic rings. The number of benzene rings is 3. The number of hydrogen-bond acceptors (Lipinski definition) is 6. The first kappa shape index (κ1) is 32.8. The number of amides is 2. The Morgan fingerprint density at radius 1 is 1.13 bits per heavy atom. The van der Waals surface area contributed by atoms with Crippen molar-refractivity contribution in [3.8, 4) is 16.9 Å². The first-order chi connectivity index (χ1) is 22.2. The van der Waals surface area contributed by atoms with Crippen LogP contribution in [0.25, 0.3) is 32.9 Å². The van der Waals surface area contributed by atoms with E-state index in [2.05, 4.69) is 47.6 Å². The third-order valence-electron chi connectivity index (χ3n) is 9.88. The van der Waals surface area contributed by atoms with Crippen LogP contribution in [0.15, 0.2) is 42.5 Å². The third kappa shape index (κ3) is 6.18. The average molecular weight is 641 g/mol. The van der Waals surface area contributed by atoms with E-state index in [9.17, 15) is 9.59 Å². The molecule has 10 nitrogen and oxygen atoms in total. The Balaban J connectivity index is 1.30. The van der Waals surface area contributed by atoms with Crippen molar-refractivity contribution in [2.45, 2.75) is 84.8 Å². The molecule has 1 radical (unpaired) electrons. The van der Waals surface area contributed by atoms with Gasteiger partial charge in [-0.2, -0.15) is 0 Å². The van der Waals surface area contributed by atoms with Gasteiger partial charge in [0, 0.05) is 31.3 Å². The number of fused-ring (bicyclic) bond motifs is 6. The van der Waals surface area contributed by atoms with Gasteiger partial charge >= 0.3 is 13.6 Å². The van der Waals surface area contributed by atoms with Crippen LogP contribution >= 0.6 is 0 Å². The second kappa shape index (κ2) is 12.2. The molecule has 4 N–H and O–H groups in total. The Labute approximate surface area is 276 Å². The fourth-order valence-electron chi connectivity index (χ4n) is 6.35. The van der Waals surface area contributed by atoms with Crippen molar-refractivity contribution in [3.63, 3.8) is 0 Å². The standard InChI is InChI=1S/C36H44BN4O6/c1-19(2)30(40-34(43)45-8)33(42)41-17-20(3)13-28(41)32-38-27-12-9-21-15-26-24-11-10-23(37-47-36(6,7)35(4,5)44)14-22(24)18-46-29(26)16-25(21)31(27)39-32/h9-12,14-16,19-20,28,30,44H,13,17-18H2,1-8H3,(H,38,39)(H,40,43)/p+1/t20-,28-,30-/m0/s1. The molecule has 1 fully saturated rings. The van der Waals surface area contributed by atoms with Gasteiger partial charge in [-0.05, 0) is 66.8 Å². The van der Waals surface area contributed by atoms with Crippen LogP contribution in [0.1, 0.15) is 72.3 Å². The van der Waals surface area contributed by atoms with Gasteiger partial charge in [0.1, 0.15) is 29.8 Å². The molecule has 0 bridgehead atoms. The highest BCUT2D eigenvalue weighted by Gasteiger charge is 2.41. The van der Waals surface area contributed by atoms with E-state index < -0.39 is 23.3 Å². The molecule has 247 valence electrons. The molecule has 0 saturated carbocycles. The topological polar surface area (TPSA) is 129 Å². The molecule has 0 aliphatic carbocycles. The Kier molecular flexibility index (Phi) is 8.51. The lowest BCUT2D eigenvalue weighted by molar-refractivity contribution is -0.135. The van der Waals surface area contributed by atoms with E-state index in [1.807, 2.05) is 58.6 Å². The van der Waals surface area contributed by atoms with Crippen LogP contribution in [-0.2, 0) is 20.8 Å². The number of rotatable bonds is 8. The van der Waals surface area contributed by atoms with Gasteiger partial charge in [-0.25, -0.2) is 9.78 Å². The zero-order valence-electron chi connectivity index (χ0n) is 28.5. The SMILES string of the molecule is COC(=O)N[C@H](C(=O)N1C[C@@H](C)C[C@H]1c1nc2c(ccc3cc4c(cc32)OCc2cc([B]OC(C)(C)C(C)(C)[OH2+])ccc2-4)[nH]1)C(C)C. The Morgan fingerprint density at radius 2 is 1.89 bits per heavy atom.